The molecular formula is C22H32N2O2. The Kier molecular flexibility index (Phi) is 6.00. The second-order valence-corrected chi connectivity index (χ2v) is 8.32. The van der Waals surface area contributed by atoms with E-state index in [0.29, 0.717) is 35.0 Å². The zero-order valence-electron chi connectivity index (χ0n) is 16.1. The molecule has 4 nitrogen and oxygen atoms in total. The van der Waals surface area contributed by atoms with Gasteiger partial charge in [0.1, 0.15) is 0 Å². The van der Waals surface area contributed by atoms with E-state index in [1.165, 1.54) is 38.5 Å². The van der Waals surface area contributed by atoms with Gasteiger partial charge < -0.3 is 10.6 Å². The second-order valence-electron chi connectivity index (χ2n) is 8.32. The summed E-state index contributed by atoms with van der Waals surface area (Å²) in [4.78, 5) is 27.3. The molecule has 0 radical (unpaired) electrons. The minimum atomic E-state index is -0.483. The van der Waals surface area contributed by atoms with Crippen LogP contribution in [-0.2, 0) is 0 Å². The summed E-state index contributed by atoms with van der Waals surface area (Å²) in [6.07, 6.45) is 9.47. The SMILES string of the molecule is CC1CCCCC1N(C(=O)c1cccc(C(N)=O)c1)C1CCCCC1C. The van der Waals surface area contributed by atoms with Gasteiger partial charge in [-0.2, -0.15) is 0 Å². The van der Waals surface area contributed by atoms with Gasteiger partial charge in [0, 0.05) is 23.2 Å². The summed E-state index contributed by atoms with van der Waals surface area (Å²) in [6, 6.07) is 7.54. The van der Waals surface area contributed by atoms with E-state index in [4.69, 9.17) is 5.73 Å². The van der Waals surface area contributed by atoms with E-state index in [-0.39, 0.29) is 5.91 Å². The molecule has 142 valence electrons. The zero-order valence-corrected chi connectivity index (χ0v) is 16.1. The Morgan fingerprint density at radius 3 is 1.88 bits per heavy atom. The molecule has 4 heteroatoms. The summed E-state index contributed by atoms with van der Waals surface area (Å²) in [5.74, 6) is 0.649. The molecule has 0 bridgehead atoms. The minimum absolute atomic E-state index is 0.0746. The lowest BCUT2D eigenvalue weighted by Gasteiger charge is -2.46. The normalized spacial score (nSPS) is 29.2. The van der Waals surface area contributed by atoms with E-state index >= 15 is 0 Å². The van der Waals surface area contributed by atoms with Gasteiger partial charge in [-0.05, 0) is 55.7 Å². The van der Waals surface area contributed by atoms with Crippen LogP contribution in [0.3, 0.4) is 0 Å². The van der Waals surface area contributed by atoms with Crippen LogP contribution in [0.15, 0.2) is 24.3 Å². The Bertz CT molecular complexity index is 635. The highest BCUT2D eigenvalue weighted by atomic mass is 16.2. The third kappa shape index (κ3) is 3.94. The summed E-state index contributed by atoms with van der Waals surface area (Å²) < 4.78 is 0. The summed E-state index contributed by atoms with van der Waals surface area (Å²) in [5, 5.41) is 0. The van der Waals surface area contributed by atoms with Crippen LogP contribution >= 0.6 is 0 Å². The van der Waals surface area contributed by atoms with Crippen LogP contribution in [0.5, 0.6) is 0 Å². The van der Waals surface area contributed by atoms with Crippen molar-refractivity contribution in [1.29, 1.82) is 0 Å². The van der Waals surface area contributed by atoms with Crippen molar-refractivity contribution in [2.45, 2.75) is 77.3 Å². The highest BCUT2D eigenvalue weighted by Gasteiger charge is 2.38. The van der Waals surface area contributed by atoms with E-state index in [1.807, 2.05) is 6.07 Å². The molecule has 2 aliphatic rings. The van der Waals surface area contributed by atoms with Crippen molar-refractivity contribution >= 4 is 11.8 Å². The van der Waals surface area contributed by atoms with E-state index in [0.717, 1.165) is 12.8 Å². The Balaban J connectivity index is 1.95. The standard InChI is InChI=1S/C22H32N2O2/c1-15-8-3-5-12-19(15)24(20-13-6-4-9-16(20)2)22(26)18-11-7-10-17(14-18)21(23)25/h7,10-11,14-16,19-20H,3-6,8-9,12-13H2,1-2H3,(H2,23,25). The van der Waals surface area contributed by atoms with Crippen LogP contribution in [0.4, 0.5) is 0 Å². The van der Waals surface area contributed by atoms with Gasteiger partial charge in [-0.25, -0.2) is 0 Å². The Morgan fingerprint density at radius 2 is 1.38 bits per heavy atom. The topological polar surface area (TPSA) is 63.4 Å². The number of nitrogens with two attached hydrogens (primary N) is 1. The van der Waals surface area contributed by atoms with Crippen LogP contribution in [-0.4, -0.2) is 28.8 Å². The van der Waals surface area contributed by atoms with Crippen LogP contribution < -0.4 is 5.73 Å². The molecule has 4 atom stereocenters. The average molecular weight is 357 g/mol. The molecule has 2 saturated carbocycles. The Morgan fingerprint density at radius 1 is 0.885 bits per heavy atom. The summed E-state index contributed by atoms with van der Waals surface area (Å²) in [7, 11) is 0. The molecule has 0 heterocycles. The molecular weight excluding hydrogens is 324 g/mol. The van der Waals surface area contributed by atoms with Crippen LogP contribution in [0.25, 0.3) is 0 Å². The number of primary amides is 1. The largest absolute Gasteiger partial charge is 0.366 e. The lowest BCUT2D eigenvalue weighted by atomic mass is 9.79. The second kappa shape index (κ2) is 8.24. The van der Waals surface area contributed by atoms with E-state index in [2.05, 4.69) is 18.7 Å². The van der Waals surface area contributed by atoms with Gasteiger partial charge in [-0.1, -0.05) is 45.6 Å². The van der Waals surface area contributed by atoms with E-state index in [1.54, 1.807) is 18.2 Å². The predicted octanol–water partition coefficient (Wildman–Crippen LogP) is 4.39. The lowest BCUT2D eigenvalue weighted by Crippen LogP contribution is -2.53. The zero-order chi connectivity index (χ0) is 18.7. The number of rotatable bonds is 4. The minimum Gasteiger partial charge on any atom is -0.366 e. The molecule has 0 spiro atoms. The summed E-state index contributed by atoms with van der Waals surface area (Å²) in [5.41, 5.74) is 6.43. The van der Waals surface area contributed by atoms with Crippen molar-refractivity contribution in [2.24, 2.45) is 17.6 Å². The van der Waals surface area contributed by atoms with Crippen molar-refractivity contribution in [3.63, 3.8) is 0 Å². The maximum atomic E-state index is 13.6. The number of hydrogen-bond acceptors (Lipinski definition) is 2. The van der Waals surface area contributed by atoms with Gasteiger partial charge in [0.2, 0.25) is 5.91 Å². The Labute approximate surface area is 157 Å². The van der Waals surface area contributed by atoms with Crippen molar-refractivity contribution < 1.29 is 9.59 Å². The molecule has 26 heavy (non-hydrogen) atoms. The molecule has 2 aliphatic carbocycles. The third-order valence-corrected chi connectivity index (χ3v) is 6.48. The fraction of sp³-hybridized carbons (Fsp3) is 0.636. The molecule has 2 amide bonds. The number of amides is 2. The van der Waals surface area contributed by atoms with Gasteiger partial charge in [0.25, 0.3) is 5.91 Å². The molecule has 3 rings (SSSR count). The number of nitrogens with zero attached hydrogens (tertiary/aromatic N) is 1. The highest BCUT2D eigenvalue weighted by Crippen LogP contribution is 2.36. The van der Waals surface area contributed by atoms with Gasteiger partial charge >= 0.3 is 0 Å². The molecule has 0 aromatic heterocycles. The number of carbonyl (C=O) groups excluding carboxylic acids is 2. The van der Waals surface area contributed by atoms with Gasteiger partial charge in [0.05, 0.1) is 0 Å². The highest BCUT2D eigenvalue weighted by molar-refractivity contribution is 5.99. The van der Waals surface area contributed by atoms with Crippen molar-refractivity contribution in [3.05, 3.63) is 35.4 Å². The first-order valence-electron chi connectivity index (χ1n) is 10.2. The van der Waals surface area contributed by atoms with Crippen molar-refractivity contribution in [1.82, 2.24) is 4.90 Å². The van der Waals surface area contributed by atoms with Gasteiger partial charge in [-0.15, -0.1) is 0 Å². The van der Waals surface area contributed by atoms with Crippen LogP contribution in [0.1, 0.15) is 85.9 Å². The van der Waals surface area contributed by atoms with Gasteiger partial charge in [-0.3, -0.25) is 9.59 Å². The summed E-state index contributed by atoms with van der Waals surface area (Å²) >= 11 is 0. The molecule has 4 unspecified atom stereocenters. The van der Waals surface area contributed by atoms with Crippen molar-refractivity contribution in [2.75, 3.05) is 0 Å². The van der Waals surface area contributed by atoms with Crippen LogP contribution in [0, 0.1) is 11.8 Å². The lowest BCUT2D eigenvalue weighted by molar-refractivity contribution is 0.0219. The molecule has 0 aliphatic heterocycles. The molecule has 2 N–H and O–H groups in total. The fourth-order valence-electron chi connectivity index (χ4n) is 4.92. The first-order valence-corrected chi connectivity index (χ1v) is 10.2. The molecule has 1 aromatic carbocycles. The van der Waals surface area contributed by atoms with E-state index in [9.17, 15) is 9.59 Å². The number of carbonyl (C=O) groups is 2. The first kappa shape index (κ1) is 18.9. The first-order chi connectivity index (χ1) is 12.5. The average Bonchev–Trinajstić information content (AvgIpc) is 2.65. The third-order valence-electron chi connectivity index (χ3n) is 6.48. The Hall–Kier alpha value is -1.84. The number of benzene rings is 1. The predicted molar refractivity (Wildman–Crippen MR) is 104 cm³/mol. The number of hydrogen-bond donors (Lipinski definition) is 1. The van der Waals surface area contributed by atoms with Crippen LogP contribution in [0.2, 0.25) is 0 Å². The van der Waals surface area contributed by atoms with Gasteiger partial charge in [0.15, 0.2) is 0 Å². The monoisotopic (exact) mass is 356 g/mol. The maximum Gasteiger partial charge on any atom is 0.254 e. The maximum absolute atomic E-state index is 13.6. The van der Waals surface area contributed by atoms with Crippen molar-refractivity contribution in [3.8, 4) is 0 Å². The molecule has 0 saturated heterocycles. The quantitative estimate of drug-likeness (QED) is 0.870. The van der Waals surface area contributed by atoms with E-state index < -0.39 is 5.91 Å². The summed E-state index contributed by atoms with van der Waals surface area (Å²) in [6.45, 7) is 4.58. The molecule has 1 aromatic rings. The fourth-order valence-corrected chi connectivity index (χ4v) is 4.92. The molecule has 2 fully saturated rings. The smallest absolute Gasteiger partial charge is 0.254 e.